The van der Waals surface area contributed by atoms with E-state index in [0.717, 1.165) is 6.42 Å². The lowest BCUT2D eigenvalue weighted by Gasteiger charge is -2.05. The molecule has 62 valence electrons. The highest BCUT2D eigenvalue weighted by Gasteiger charge is 2.59. The average Bonchev–Trinajstić information content (AvgIpc) is 2.48. The van der Waals surface area contributed by atoms with Crippen LogP contribution in [0.3, 0.4) is 0 Å². The molecule has 2 aliphatic carbocycles. The number of carbonyl (C=O) groups excluding carboxylic acids is 1. The Labute approximate surface area is 66.9 Å². The van der Waals surface area contributed by atoms with Crippen molar-refractivity contribution in [2.24, 2.45) is 11.3 Å². The first-order valence-electron chi connectivity index (χ1n) is 4.36. The molecule has 0 aliphatic heterocycles. The van der Waals surface area contributed by atoms with Gasteiger partial charge in [0.05, 0.1) is 13.0 Å². The summed E-state index contributed by atoms with van der Waals surface area (Å²) in [6, 6.07) is 0. The third-order valence-electron chi connectivity index (χ3n) is 3.27. The molecule has 1 atom stereocenters. The van der Waals surface area contributed by atoms with E-state index in [4.69, 9.17) is 4.74 Å². The van der Waals surface area contributed by atoms with Crippen molar-refractivity contribution in [3.05, 3.63) is 0 Å². The van der Waals surface area contributed by atoms with Gasteiger partial charge in [0.25, 0.3) is 0 Å². The van der Waals surface area contributed by atoms with Crippen LogP contribution in [-0.4, -0.2) is 13.1 Å². The van der Waals surface area contributed by atoms with E-state index in [9.17, 15) is 4.79 Å². The summed E-state index contributed by atoms with van der Waals surface area (Å²) in [4.78, 5) is 11.1. The molecule has 0 aromatic carbocycles. The molecule has 2 rings (SSSR count). The molecule has 0 radical (unpaired) electrons. The van der Waals surface area contributed by atoms with E-state index in [-0.39, 0.29) is 11.9 Å². The molecule has 0 bridgehead atoms. The lowest BCUT2D eigenvalue weighted by Crippen LogP contribution is -2.09. The van der Waals surface area contributed by atoms with Crippen LogP contribution in [0.1, 0.15) is 32.1 Å². The molecule has 11 heavy (non-hydrogen) atoms. The molecule has 0 aromatic rings. The van der Waals surface area contributed by atoms with E-state index in [1.807, 2.05) is 0 Å². The Hall–Kier alpha value is -0.530. The number of ether oxygens (including phenoxy) is 1. The van der Waals surface area contributed by atoms with Gasteiger partial charge in [0, 0.05) is 0 Å². The predicted molar refractivity (Wildman–Crippen MR) is 41.0 cm³/mol. The highest BCUT2D eigenvalue weighted by Crippen LogP contribution is 2.63. The van der Waals surface area contributed by atoms with E-state index < -0.39 is 0 Å². The first-order valence-corrected chi connectivity index (χ1v) is 4.36. The Morgan fingerprint density at radius 2 is 2.09 bits per heavy atom. The van der Waals surface area contributed by atoms with Crippen molar-refractivity contribution < 1.29 is 9.53 Å². The second-order valence-corrected chi connectivity index (χ2v) is 3.85. The topological polar surface area (TPSA) is 26.3 Å². The van der Waals surface area contributed by atoms with Crippen LogP contribution in [0.4, 0.5) is 0 Å². The average molecular weight is 154 g/mol. The van der Waals surface area contributed by atoms with Crippen LogP contribution in [0.5, 0.6) is 0 Å². The van der Waals surface area contributed by atoms with E-state index >= 15 is 0 Å². The van der Waals surface area contributed by atoms with Gasteiger partial charge in [-0.3, -0.25) is 4.79 Å². The summed E-state index contributed by atoms with van der Waals surface area (Å²) in [5.41, 5.74) is 0.410. The Kier molecular flexibility index (Phi) is 1.44. The molecule has 0 N–H and O–H groups in total. The smallest absolute Gasteiger partial charge is 0.309 e. The molecule has 0 saturated heterocycles. The monoisotopic (exact) mass is 154 g/mol. The molecule has 0 aromatic heterocycles. The minimum absolute atomic E-state index is 0.0203. The number of hydrogen-bond acceptors (Lipinski definition) is 2. The maximum atomic E-state index is 11.1. The zero-order chi connectivity index (χ0) is 7.90. The lowest BCUT2D eigenvalue weighted by molar-refractivity contribution is -0.143. The van der Waals surface area contributed by atoms with Crippen molar-refractivity contribution in [2.75, 3.05) is 7.11 Å². The zero-order valence-corrected chi connectivity index (χ0v) is 6.93. The number of rotatable bonds is 1. The molecule has 2 fully saturated rings. The summed E-state index contributed by atoms with van der Waals surface area (Å²) in [6.07, 6.45) is 6.24. The fraction of sp³-hybridized carbons (Fsp3) is 0.889. The van der Waals surface area contributed by atoms with Crippen LogP contribution in [0.15, 0.2) is 0 Å². The van der Waals surface area contributed by atoms with Crippen LogP contribution >= 0.6 is 0 Å². The number of esters is 1. The third kappa shape index (κ3) is 0.959. The summed E-state index contributed by atoms with van der Waals surface area (Å²) in [5.74, 6) is 0.280. The normalized spacial score (nSPS) is 32.3. The molecule has 1 unspecified atom stereocenters. The van der Waals surface area contributed by atoms with Crippen LogP contribution in [-0.2, 0) is 9.53 Å². The van der Waals surface area contributed by atoms with Gasteiger partial charge >= 0.3 is 5.97 Å². The summed E-state index contributed by atoms with van der Waals surface area (Å²) in [7, 11) is 1.49. The van der Waals surface area contributed by atoms with Crippen molar-refractivity contribution in [2.45, 2.75) is 32.1 Å². The summed E-state index contributed by atoms with van der Waals surface area (Å²) in [5, 5.41) is 0. The Balaban J connectivity index is 1.97. The number of hydrogen-bond donors (Lipinski definition) is 0. The molecule has 2 heteroatoms. The van der Waals surface area contributed by atoms with Gasteiger partial charge in [-0.2, -0.15) is 0 Å². The standard InChI is InChI=1S/C9H14O2/c1-11-8(10)7-6-9(7)4-2-3-5-9/h7H,2-6H2,1H3. The summed E-state index contributed by atoms with van der Waals surface area (Å²) in [6.45, 7) is 0. The van der Waals surface area contributed by atoms with Gasteiger partial charge in [0.2, 0.25) is 0 Å². The van der Waals surface area contributed by atoms with Gasteiger partial charge in [-0.1, -0.05) is 12.8 Å². The Morgan fingerprint density at radius 3 is 2.64 bits per heavy atom. The highest BCUT2D eigenvalue weighted by molar-refractivity contribution is 5.76. The van der Waals surface area contributed by atoms with Crippen molar-refractivity contribution >= 4 is 5.97 Å². The molecule has 2 aliphatic rings. The van der Waals surface area contributed by atoms with Gasteiger partial charge in [0.1, 0.15) is 0 Å². The first kappa shape index (κ1) is 7.14. The fourth-order valence-electron chi connectivity index (χ4n) is 2.45. The van der Waals surface area contributed by atoms with Gasteiger partial charge in [-0.25, -0.2) is 0 Å². The van der Waals surface area contributed by atoms with E-state index in [1.54, 1.807) is 0 Å². The largest absolute Gasteiger partial charge is 0.469 e. The highest BCUT2D eigenvalue weighted by atomic mass is 16.5. The van der Waals surface area contributed by atoms with E-state index in [1.165, 1.54) is 32.8 Å². The quantitative estimate of drug-likeness (QED) is 0.538. The predicted octanol–water partition coefficient (Wildman–Crippen LogP) is 1.74. The van der Waals surface area contributed by atoms with E-state index in [0.29, 0.717) is 5.41 Å². The van der Waals surface area contributed by atoms with Crippen LogP contribution < -0.4 is 0 Å². The maximum absolute atomic E-state index is 11.1. The van der Waals surface area contributed by atoms with Crippen LogP contribution in [0.25, 0.3) is 0 Å². The van der Waals surface area contributed by atoms with E-state index in [2.05, 4.69) is 0 Å². The fourth-order valence-corrected chi connectivity index (χ4v) is 2.45. The molecular weight excluding hydrogens is 140 g/mol. The number of methoxy groups -OCH3 is 1. The van der Waals surface area contributed by atoms with Crippen molar-refractivity contribution in [1.29, 1.82) is 0 Å². The summed E-state index contributed by atoms with van der Waals surface area (Å²) >= 11 is 0. The maximum Gasteiger partial charge on any atom is 0.309 e. The van der Waals surface area contributed by atoms with Crippen molar-refractivity contribution in [3.8, 4) is 0 Å². The molecular formula is C9H14O2. The number of carbonyl (C=O) groups is 1. The van der Waals surface area contributed by atoms with Crippen molar-refractivity contribution in [3.63, 3.8) is 0 Å². The Morgan fingerprint density at radius 1 is 1.45 bits per heavy atom. The summed E-state index contributed by atoms with van der Waals surface area (Å²) < 4.78 is 4.72. The Bertz CT molecular complexity index is 180. The van der Waals surface area contributed by atoms with Crippen molar-refractivity contribution in [1.82, 2.24) is 0 Å². The molecule has 2 nitrogen and oxygen atoms in total. The minimum atomic E-state index is 0.0203. The lowest BCUT2D eigenvalue weighted by atomic mass is 10.0. The van der Waals surface area contributed by atoms with Crippen LogP contribution in [0, 0.1) is 11.3 Å². The molecule has 0 amide bonds. The molecule has 0 heterocycles. The first-order chi connectivity index (χ1) is 5.28. The van der Waals surface area contributed by atoms with Gasteiger partial charge in [-0.05, 0) is 24.7 Å². The van der Waals surface area contributed by atoms with Gasteiger partial charge in [-0.15, -0.1) is 0 Å². The van der Waals surface area contributed by atoms with Gasteiger partial charge in [0.15, 0.2) is 0 Å². The zero-order valence-electron chi connectivity index (χ0n) is 6.93. The van der Waals surface area contributed by atoms with Gasteiger partial charge < -0.3 is 4.74 Å². The minimum Gasteiger partial charge on any atom is -0.469 e. The second kappa shape index (κ2) is 2.23. The molecule has 1 spiro atoms. The SMILES string of the molecule is COC(=O)C1CC12CCCC2. The molecule has 2 saturated carbocycles. The van der Waals surface area contributed by atoms with Crippen LogP contribution in [0.2, 0.25) is 0 Å². The third-order valence-corrected chi connectivity index (χ3v) is 3.27. The second-order valence-electron chi connectivity index (χ2n) is 3.85.